The number of carbonyl (C=O) groups excluding carboxylic acids is 3. The zero-order valence-electron chi connectivity index (χ0n) is 17.0. The van der Waals surface area contributed by atoms with Gasteiger partial charge in [-0.05, 0) is 37.6 Å². The molecule has 7 heteroatoms. The Bertz CT molecular complexity index is 703. The van der Waals surface area contributed by atoms with Gasteiger partial charge in [0.05, 0.1) is 6.54 Å². The van der Waals surface area contributed by atoms with Crippen molar-refractivity contribution in [2.24, 2.45) is 0 Å². The van der Waals surface area contributed by atoms with Gasteiger partial charge in [0.1, 0.15) is 0 Å². The molecule has 1 fully saturated rings. The van der Waals surface area contributed by atoms with Gasteiger partial charge in [-0.1, -0.05) is 12.1 Å². The number of likely N-dealkylation sites (N-methyl/N-ethyl adjacent to an activating group) is 1. The largest absolute Gasteiger partial charge is 0.355 e. The molecule has 0 aromatic heterocycles. The molecule has 0 bridgehead atoms. The summed E-state index contributed by atoms with van der Waals surface area (Å²) in [6, 6.07) is 7.08. The number of hydrogen-bond acceptors (Lipinski definition) is 4. The molecular weight excluding hydrogens is 356 g/mol. The lowest BCUT2D eigenvalue weighted by atomic mass is 10.1. The van der Waals surface area contributed by atoms with E-state index in [1.54, 1.807) is 36.2 Å². The van der Waals surface area contributed by atoms with E-state index in [2.05, 4.69) is 10.2 Å². The van der Waals surface area contributed by atoms with Crippen LogP contribution in [0.25, 0.3) is 6.08 Å². The van der Waals surface area contributed by atoms with Crippen molar-refractivity contribution in [3.8, 4) is 0 Å². The van der Waals surface area contributed by atoms with Crippen LogP contribution in [0.5, 0.6) is 0 Å². The van der Waals surface area contributed by atoms with E-state index in [9.17, 15) is 14.4 Å². The quantitative estimate of drug-likeness (QED) is 0.712. The number of piperazine rings is 1. The predicted molar refractivity (Wildman–Crippen MR) is 110 cm³/mol. The van der Waals surface area contributed by atoms with Gasteiger partial charge < -0.3 is 15.1 Å². The Morgan fingerprint density at radius 3 is 2.18 bits per heavy atom. The molecule has 1 heterocycles. The second-order valence-electron chi connectivity index (χ2n) is 6.70. The number of carbonyl (C=O) groups is 3. The number of rotatable bonds is 7. The van der Waals surface area contributed by atoms with E-state index in [1.807, 2.05) is 30.9 Å². The first-order valence-electron chi connectivity index (χ1n) is 9.77. The topological polar surface area (TPSA) is 73.0 Å². The highest BCUT2D eigenvalue weighted by atomic mass is 16.2. The van der Waals surface area contributed by atoms with E-state index in [0.717, 1.165) is 18.7 Å². The molecule has 1 aromatic carbocycles. The van der Waals surface area contributed by atoms with Crippen LogP contribution in [-0.4, -0.2) is 85.3 Å². The van der Waals surface area contributed by atoms with Crippen molar-refractivity contribution in [3.63, 3.8) is 0 Å². The van der Waals surface area contributed by atoms with Crippen LogP contribution in [0.2, 0.25) is 0 Å². The molecule has 3 amide bonds. The summed E-state index contributed by atoms with van der Waals surface area (Å²) in [5.41, 5.74) is 1.45. The number of nitrogens with one attached hydrogen (secondary N) is 1. The molecule has 0 radical (unpaired) electrons. The van der Waals surface area contributed by atoms with Crippen molar-refractivity contribution < 1.29 is 14.4 Å². The SMILES string of the molecule is CCN(CC)C(=O)CN1CCN(C(=O)/C=C/c2ccc(C(=O)NC)cc2)CC1. The van der Waals surface area contributed by atoms with E-state index in [0.29, 0.717) is 38.3 Å². The van der Waals surface area contributed by atoms with Gasteiger partial charge in [0.2, 0.25) is 11.8 Å². The van der Waals surface area contributed by atoms with Gasteiger partial charge in [0.15, 0.2) is 0 Å². The molecule has 0 saturated carbocycles. The predicted octanol–water partition coefficient (Wildman–Crippen LogP) is 1.07. The molecule has 1 aliphatic heterocycles. The molecule has 1 aliphatic rings. The smallest absolute Gasteiger partial charge is 0.251 e. The molecule has 0 unspecified atom stereocenters. The molecular formula is C21H30N4O3. The zero-order chi connectivity index (χ0) is 20.5. The Labute approximate surface area is 167 Å². The van der Waals surface area contributed by atoms with Gasteiger partial charge in [0, 0.05) is 58.0 Å². The van der Waals surface area contributed by atoms with Crippen LogP contribution in [0.1, 0.15) is 29.8 Å². The maximum Gasteiger partial charge on any atom is 0.251 e. The number of hydrogen-bond donors (Lipinski definition) is 1. The third-order valence-corrected chi connectivity index (χ3v) is 4.98. The molecule has 152 valence electrons. The van der Waals surface area contributed by atoms with E-state index < -0.39 is 0 Å². The molecule has 7 nitrogen and oxygen atoms in total. The van der Waals surface area contributed by atoms with Crippen molar-refractivity contribution in [2.75, 3.05) is 52.9 Å². The molecule has 1 aromatic rings. The Morgan fingerprint density at radius 1 is 1.04 bits per heavy atom. The van der Waals surface area contributed by atoms with Crippen molar-refractivity contribution in [1.82, 2.24) is 20.0 Å². The summed E-state index contributed by atoms with van der Waals surface area (Å²) >= 11 is 0. The third-order valence-electron chi connectivity index (χ3n) is 4.98. The van der Waals surface area contributed by atoms with Crippen LogP contribution in [0.15, 0.2) is 30.3 Å². The fourth-order valence-corrected chi connectivity index (χ4v) is 3.16. The van der Waals surface area contributed by atoms with Gasteiger partial charge in [-0.15, -0.1) is 0 Å². The fraction of sp³-hybridized carbons (Fsp3) is 0.476. The summed E-state index contributed by atoms with van der Waals surface area (Å²) < 4.78 is 0. The van der Waals surface area contributed by atoms with E-state index in [-0.39, 0.29) is 17.7 Å². The average Bonchev–Trinajstić information content (AvgIpc) is 2.73. The summed E-state index contributed by atoms with van der Waals surface area (Å²) in [7, 11) is 1.59. The first-order valence-corrected chi connectivity index (χ1v) is 9.77. The molecule has 0 aliphatic carbocycles. The number of benzene rings is 1. The highest BCUT2D eigenvalue weighted by Crippen LogP contribution is 2.08. The summed E-state index contributed by atoms with van der Waals surface area (Å²) in [5.74, 6) is -0.0288. The second kappa shape index (κ2) is 10.6. The summed E-state index contributed by atoms with van der Waals surface area (Å²) in [6.45, 7) is 8.46. The zero-order valence-corrected chi connectivity index (χ0v) is 17.0. The Balaban J connectivity index is 1.82. The van der Waals surface area contributed by atoms with Crippen LogP contribution < -0.4 is 5.32 Å². The van der Waals surface area contributed by atoms with E-state index >= 15 is 0 Å². The molecule has 0 spiro atoms. The average molecular weight is 386 g/mol. The van der Waals surface area contributed by atoms with Gasteiger partial charge in [-0.3, -0.25) is 19.3 Å². The molecule has 2 rings (SSSR count). The Hall–Kier alpha value is -2.67. The maximum absolute atomic E-state index is 12.4. The summed E-state index contributed by atoms with van der Waals surface area (Å²) in [5, 5.41) is 2.58. The van der Waals surface area contributed by atoms with Crippen LogP contribution >= 0.6 is 0 Å². The van der Waals surface area contributed by atoms with Crippen molar-refractivity contribution in [3.05, 3.63) is 41.5 Å². The minimum atomic E-state index is -0.135. The van der Waals surface area contributed by atoms with Crippen LogP contribution in [-0.2, 0) is 9.59 Å². The summed E-state index contributed by atoms with van der Waals surface area (Å²) in [6.07, 6.45) is 3.32. The first-order chi connectivity index (χ1) is 13.5. The van der Waals surface area contributed by atoms with Crippen molar-refractivity contribution in [2.45, 2.75) is 13.8 Å². The first kappa shape index (κ1) is 21.6. The highest BCUT2D eigenvalue weighted by Gasteiger charge is 2.22. The standard InChI is InChI=1S/C21H30N4O3/c1-4-24(5-2)20(27)16-23-12-14-25(15-13-23)19(26)11-8-17-6-9-18(10-7-17)21(28)22-3/h6-11H,4-5,12-16H2,1-3H3,(H,22,28)/b11-8+. The Kier molecular flexibility index (Phi) is 8.19. The van der Waals surface area contributed by atoms with Crippen molar-refractivity contribution in [1.29, 1.82) is 0 Å². The van der Waals surface area contributed by atoms with Crippen LogP contribution in [0.4, 0.5) is 0 Å². The van der Waals surface area contributed by atoms with Crippen LogP contribution in [0, 0.1) is 0 Å². The maximum atomic E-state index is 12.4. The van der Waals surface area contributed by atoms with E-state index in [1.165, 1.54) is 0 Å². The third kappa shape index (κ3) is 5.92. The molecule has 1 N–H and O–H groups in total. The van der Waals surface area contributed by atoms with E-state index in [4.69, 9.17) is 0 Å². The number of nitrogens with zero attached hydrogens (tertiary/aromatic N) is 3. The molecule has 0 atom stereocenters. The minimum absolute atomic E-state index is 0.0369. The number of amides is 3. The Morgan fingerprint density at radius 2 is 1.64 bits per heavy atom. The fourth-order valence-electron chi connectivity index (χ4n) is 3.16. The van der Waals surface area contributed by atoms with Gasteiger partial charge >= 0.3 is 0 Å². The lowest BCUT2D eigenvalue weighted by molar-refractivity contribution is -0.133. The summed E-state index contributed by atoms with van der Waals surface area (Å²) in [4.78, 5) is 41.9. The second-order valence-corrected chi connectivity index (χ2v) is 6.70. The van der Waals surface area contributed by atoms with Gasteiger partial charge in [-0.25, -0.2) is 0 Å². The minimum Gasteiger partial charge on any atom is -0.355 e. The molecule has 28 heavy (non-hydrogen) atoms. The van der Waals surface area contributed by atoms with Crippen LogP contribution in [0.3, 0.4) is 0 Å². The van der Waals surface area contributed by atoms with Gasteiger partial charge in [0.25, 0.3) is 5.91 Å². The van der Waals surface area contributed by atoms with Gasteiger partial charge in [-0.2, -0.15) is 0 Å². The normalized spacial score (nSPS) is 14.9. The monoisotopic (exact) mass is 386 g/mol. The highest BCUT2D eigenvalue weighted by molar-refractivity contribution is 5.94. The lowest BCUT2D eigenvalue weighted by Gasteiger charge is -2.34. The van der Waals surface area contributed by atoms with Crippen molar-refractivity contribution >= 4 is 23.8 Å². The lowest BCUT2D eigenvalue weighted by Crippen LogP contribution is -2.51. The molecule has 1 saturated heterocycles.